The number of halogens is 1. The molecule has 1 aromatic carbocycles. The second kappa shape index (κ2) is 4.29. The molecule has 0 unspecified atom stereocenters. The summed E-state index contributed by atoms with van der Waals surface area (Å²) in [6.07, 6.45) is 2.33. The van der Waals surface area contributed by atoms with E-state index in [1.807, 2.05) is 4.90 Å². The molecule has 0 bridgehead atoms. The summed E-state index contributed by atoms with van der Waals surface area (Å²) in [6, 6.07) is 8.05. The van der Waals surface area contributed by atoms with E-state index in [0.29, 0.717) is 5.76 Å². The van der Waals surface area contributed by atoms with Crippen LogP contribution >= 0.6 is 0 Å². The lowest BCUT2D eigenvalue weighted by Gasteiger charge is -2.17. The van der Waals surface area contributed by atoms with Crippen LogP contribution in [0.2, 0.25) is 0 Å². The van der Waals surface area contributed by atoms with Crippen LogP contribution in [0.25, 0.3) is 0 Å². The molecule has 0 fully saturated rings. The third kappa shape index (κ3) is 1.90. The maximum atomic E-state index is 13.2. The van der Waals surface area contributed by atoms with E-state index >= 15 is 0 Å². The quantitative estimate of drug-likeness (QED) is 0.779. The number of ketones is 1. The topological polar surface area (TPSA) is 33.5 Å². The van der Waals surface area contributed by atoms with Crippen LogP contribution < -0.4 is 4.90 Å². The Kier molecular flexibility index (Phi) is 2.63. The fourth-order valence-corrected chi connectivity index (χ4v) is 2.27. The highest BCUT2D eigenvalue weighted by Gasteiger charge is 2.22. The Bertz CT molecular complexity index is 577. The molecule has 92 valence electrons. The molecule has 0 N–H and O–H groups in total. The van der Waals surface area contributed by atoms with Crippen molar-refractivity contribution in [2.45, 2.75) is 6.42 Å². The summed E-state index contributed by atoms with van der Waals surface area (Å²) in [5.41, 5.74) is 1.90. The lowest BCUT2D eigenvalue weighted by Crippen LogP contribution is -2.27. The second-order valence-electron chi connectivity index (χ2n) is 4.35. The number of hydrogen-bond donors (Lipinski definition) is 0. The number of nitrogens with zero attached hydrogens (tertiary/aromatic N) is 1. The molecule has 0 spiro atoms. The first kappa shape index (κ1) is 11.0. The Morgan fingerprint density at radius 2 is 2.28 bits per heavy atom. The number of carbonyl (C=O) groups is 1. The van der Waals surface area contributed by atoms with Gasteiger partial charge in [-0.05, 0) is 36.2 Å². The van der Waals surface area contributed by atoms with Crippen molar-refractivity contribution in [2.24, 2.45) is 0 Å². The van der Waals surface area contributed by atoms with E-state index in [1.165, 1.54) is 18.4 Å². The van der Waals surface area contributed by atoms with Gasteiger partial charge < -0.3 is 9.32 Å². The van der Waals surface area contributed by atoms with Gasteiger partial charge in [-0.3, -0.25) is 4.79 Å². The van der Waals surface area contributed by atoms with Crippen molar-refractivity contribution in [3.8, 4) is 0 Å². The first-order valence-corrected chi connectivity index (χ1v) is 5.84. The predicted molar refractivity (Wildman–Crippen MR) is 65.4 cm³/mol. The van der Waals surface area contributed by atoms with Gasteiger partial charge in [-0.1, -0.05) is 6.07 Å². The van der Waals surface area contributed by atoms with E-state index in [-0.39, 0.29) is 18.1 Å². The zero-order valence-electron chi connectivity index (χ0n) is 9.73. The molecule has 3 rings (SSSR count). The van der Waals surface area contributed by atoms with Crippen molar-refractivity contribution in [3.63, 3.8) is 0 Å². The largest absolute Gasteiger partial charge is 0.461 e. The van der Waals surface area contributed by atoms with Gasteiger partial charge in [-0.2, -0.15) is 0 Å². The lowest BCUT2D eigenvalue weighted by atomic mass is 10.1. The molecule has 0 radical (unpaired) electrons. The second-order valence-corrected chi connectivity index (χ2v) is 4.35. The summed E-state index contributed by atoms with van der Waals surface area (Å²) in [5.74, 6) is -0.0111. The fourth-order valence-electron chi connectivity index (χ4n) is 2.27. The maximum absolute atomic E-state index is 13.2. The molecule has 0 saturated carbocycles. The van der Waals surface area contributed by atoms with Gasteiger partial charge >= 0.3 is 0 Å². The molecule has 1 aliphatic rings. The number of hydrogen-bond acceptors (Lipinski definition) is 3. The normalized spacial score (nSPS) is 13.7. The summed E-state index contributed by atoms with van der Waals surface area (Å²) < 4.78 is 18.3. The molecule has 18 heavy (non-hydrogen) atoms. The van der Waals surface area contributed by atoms with Crippen molar-refractivity contribution < 1.29 is 13.6 Å². The number of anilines is 1. The highest BCUT2D eigenvalue weighted by atomic mass is 19.1. The Balaban J connectivity index is 1.81. The van der Waals surface area contributed by atoms with Crippen LogP contribution in [0.3, 0.4) is 0 Å². The highest BCUT2D eigenvalue weighted by molar-refractivity contribution is 5.97. The Morgan fingerprint density at radius 1 is 1.39 bits per heavy atom. The fraction of sp³-hybridized carbons (Fsp3) is 0.214. The molecule has 0 aliphatic carbocycles. The Hall–Kier alpha value is -2.10. The van der Waals surface area contributed by atoms with Crippen molar-refractivity contribution in [1.29, 1.82) is 0 Å². The minimum atomic E-state index is -0.272. The van der Waals surface area contributed by atoms with Gasteiger partial charge in [0.25, 0.3) is 0 Å². The maximum Gasteiger partial charge on any atom is 0.217 e. The first-order valence-electron chi connectivity index (χ1n) is 5.84. The zero-order valence-corrected chi connectivity index (χ0v) is 9.73. The van der Waals surface area contributed by atoms with Gasteiger partial charge in [-0.25, -0.2) is 4.39 Å². The van der Waals surface area contributed by atoms with Crippen molar-refractivity contribution in [1.82, 2.24) is 0 Å². The lowest BCUT2D eigenvalue weighted by molar-refractivity contribution is 0.0973. The van der Waals surface area contributed by atoms with E-state index in [0.717, 1.165) is 24.2 Å². The molecule has 0 saturated heterocycles. The number of furan rings is 1. The molecule has 2 aromatic rings. The SMILES string of the molecule is O=C(CN1CCc2ccc(F)cc21)c1ccco1. The standard InChI is InChI=1S/C14H12FNO2/c15-11-4-3-10-5-6-16(12(10)8-11)9-13(17)14-2-1-7-18-14/h1-4,7-8H,5-6,9H2. The van der Waals surface area contributed by atoms with Gasteiger partial charge in [0, 0.05) is 12.2 Å². The summed E-state index contributed by atoms with van der Waals surface area (Å²) in [7, 11) is 0. The van der Waals surface area contributed by atoms with Crippen molar-refractivity contribution in [2.75, 3.05) is 18.0 Å². The van der Waals surface area contributed by atoms with Crippen molar-refractivity contribution in [3.05, 3.63) is 53.7 Å². The minimum Gasteiger partial charge on any atom is -0.461 e. The van der Waals surface area contributed by atoms with Crippen LogP contribution in [0.15, 0.2) is 41.0 Å². The van der Waals surface area contributed by atoms with E-state index in [4.69, 9.17) is 4.42 Å². The minimum absolute atomic E-state index is 0.0860. The monoisotopic (exact) mass is 245 g/mol. The summed E-state index contributed by atoms with van der Waals surface area (Å²) in [5, 5.41) is 0. The van der Waals surface area contributed by atoms with Gasteiger partial charge in [0.2, 0.25) is 5.78 Å². The summed E-state index contributed by atoms with van der Waals surface area (Å²) in [6.45, 7) is 0.967. The molecule has 4 heteroatoms. The first-order chi connectivity index (χ1) is 8.74. The van der Waals surface area contributed by atoms with E-state index < -0.39 is 0 Å². The van der Waals surface area contributed by atoms with Gasteiger partial charge in [0.15, 0.2) is 5.76 Å². The molecule has 0 amide bonds. The predicted octanol–water partition coefficient (Wildman–Crippen LogP) is 2.66. The molecular weight excluding hydrogens is 233 g/mol. The van der Waals surface area contributed by atoms with E-state index in [1.54, 1.807) is 18.2 Å². The molecule has 1 aromatic heterocycles. The third-order valence-corrected chi connectivity index (χ3v) is 3.17. The van der Waals surface area contributed by atoms with Crippen molar-refractivity contribution >= 4 is 11.5 Å². The molecular formula is C14H12FNO2. The van der Waals surface area contributed by atoms with Gasteiger partial charge in [0.1, 0.15) is 5.82 Å². The zero-order chi connectivity index (χ0) is 12.5. The van der Waals surface area contributed by atoms with E-state index in [9.17, 15) is 9.18 Å². The van der Waals surface area contributed by atoms with Crippen LogP contribution in [0.4, 0.5) is 10.1 Å². The average molecular weight is 245 g/mol. The van der Waals surface area contributed by atoms with Crippen LogP contribution in [-0.4, -0.2) is 18.9 Å². The highest BCUT2D eigenvalue weighted by Crippen LogP contribution is 2.28. The van der Waals surface area contributed by atoms with Crippen LogP contribution in [0, 0.1) is 5.82 Å². The molecule has 0 atom stereocenters. The van der Waals surface area contributed by atoms with Gasteiger partial charge in [0.05, 0.1) is 12.8 Å². The molecule has 3 nitrogen and oxygen atoms in total. The Morgan fingerprint density at radius 3 is 3.06 bits per heavy atom. The molecule has 2 heterocycles. The number of fused-ring (bicyclic) bond motifs is 1. The number of benzene rings is 1. The third-order valence-electron chi connectivity index (χ3n) is 3.17. The summed E-state index contributed by atoms with van der Waals surface area (Å²) >= 11 is 0. The number of Topliss-reactive ketones (excluding diaryl/α,β-unsaturated/α-hetero) is 1. The van der Waals surface area contributed by atoms with Crippen LogP contribution in [0.1, 0.15) is 16.1 Å². The molecule has 1 aliphatic heterocycles. The Labute approximate surface area is 104 Å². The van der Waals surface area contributed by atoms with Crippen LogP contribution in [-0.2, 0) is 6.42 Å². The average Bonchev–Trinajstić information content (AvgIpc) is 2.99. The smallest absolute Gasteiger partial charge is 0.217 e. The van der Waals surface area contributed by atoms with E-state index in [2.05, 4.69) is 0 Å². The number of carbonyl (C=O) groups excluding carboxylic acids is 1. The van der Waals surface area contributed by atoms with Crippen LogP contribution in [0.5, 0.6) is 0 Å². The number of rotatable bonds is 3. The summed E-state index contributed by atoms with van der Waals surface area (Å²) in [4.78, 5) is 13.8. The van der Waals surface area contributed by atoms with Gasteiger partial charge in [-0.15, -0.1) is 0 Å².